The van der Waals surface area contributed by atoms with Crippen LogP contribution in [0, 0.1) is 0 Å². The predicted molar refractivity (Wildman–Crippen MR) is 214 cm³/mol. The van der Waals surface area contributed by atoms with Crippen LogP contribution in [-0.2, 0) is 23.9 Å². The number of aliphatic hydroxyl groups excluding tert-OH is 2. The van der Waals surface area contributed by atoms with Crippen LogP contribution in [0.5, 0.6) is 0 Å². The van der Waals surface area contributed by atoms with Crippen molar-refractivity contribution in [3.8, 4) is 0 Å². The van der Waals surface area contributed by atoms with Crippen LogP contribution in [0.3, 0.4) is 0 Å². The number of unbranched alkanes of at least 4 members (excludes halogenated alkanes) is 24. The number of nitrogens with zero attached hydrogens (tertiary/aromatic N) is 2. The van der Waals surface area contributed by atoms with Crippen molar-refractivity contribution in [2.75, 3.05) is 66.2 Å². The normalized spacial score (nSPS) is 11.3. The number of quaternary nitrogens is 1. The molecule has 0 rings (SSSR count). The molecule has 10 heteroatoms. The fourth-order valence-corrected chi connectivity index (χ4v) is 6.80. The largest absolute Gasteiger partial charge is 1.00 e. The average Bonchev–Trinajstić information content (AvgIpc) is 3.11. The number of aliphatic hydroxyl groups is 2. The Labute approximate surface area is 337 Å². The predicted octanol–water partition coefficient (Wildman–Crippen LogP) is 6.30. The van der Waals surface area contributed by atoms with Crippen LogP contribution in [0.1, 0.15) is 194 Å². The van der Waals surface area contributed by atoms with Crippen LogP contribution in [-0.4, -0.2) is 104 Å². The zero-order valence-electron chi connectivity index (χ0n) is 34.9. The van der Waals surface area contributed by atoms with Gasteiger partial charge in [-0.15, -0.1) is 0 Å². The van der Waals surface area contributed by atoms with E-state index in [9.17, 15) is 24.6 Å². The summed E-state index contributed by atoms with van der Waals surface area (Å²) in [4.78, 5) is 39.7. The first-order chi connectivity index (χ1) is 25.3. The third-order valence-corrected chi connectivity index (χ3v) is 10.4. The minimum atomic E-state index is -0.249. The number of likely N-dealkylation sites (N-methyl/N-ethyl adjacent to an activating group) is 1. The van der Waals surface area contributed by atoms with Crippen molar-refractivity contribution >= 4 is 17.8 Å². The quantitative estimate of drug-likeness (QED) is 0.0424. The molecule has 0 unspecified atom stereocenters. The van der Waals surface area contributed by atoms with Gasteiger partial charge in [0, 0.05) is 12.8 Å². The van der Waals surface area contributed by atoms with Crippen LogP contribution in [0.25, 0.3) is 0 Å². The molecule has 1 amide bonds. The Balaban J connectivity index is 0. The summed E-state index contributed by atoms with van der Waals surface area (Å²) in [7, 11) is 1.83. The van der Waals surface area contributed by atoms with Crippen molar-refractivity contribution in [1.29, 1.82) is 0 Å². The molecule has 0 radical (unpaired) electrons. The van der Waals surface area contributed by atoms with Gasteiger partial charge in [0.2, 0.25) is 0 Å². The van der Waals surface area contributed by atoms with E-state index >= 15 is 0 Å². The van der Waals surface area contributed by atoms with E-state index in [-0.39, 0.29) is 85.4 Å². The number of halogens is 1. The van der Waals surface area contributed by atoms with Crippen LogP contribution in [0.2, 0.25) is 0 Å². The summed E-state index contributed by atoms with van der Waals surface area (Å²) in [5.74, 6) is -0.689. The fourth-order valence-electron chi connectivity index (χ4n) is 6.80. The molecule has 0 saturated carbocycles. The third kappa shape index (κ3) is 36.2. The fraction of sp³-hybridized carbons (Fsp3) is 0.930. The van der Waals surface area contributed by atoms with Crippen molar-refractivity contribution in [1.82, 2.24) is 4.90 Å². The van der Waals surface area contributed by atoms with E-state index in [1.165, 1.54) is 128 Å². The van der Waals surface area contributed by atoms with Gasteiger partial charge < -0.3 is 46.1 Å². The zero-order chi connectivity index (χ0) is 38.4. The van der Waals surface area contributed by atoms with Crippen molar-refractivity contribution in [2.24, 2.45) is 0 Å². The highest BCUT2D eigenvalue weighted by atomic mass is 79.9. The van der Waals surface area contributed by atoms with Gasteiger partial charge in [-0.1, -0.05) is 168 Å². The number of ether oxygens (including phenoxy) is 2. The van der Waals surface area contributed by atoms with Crippen molar-refractivity contribution in [3.63, 3.8) is 0 Å². The molecule has 0 fully saturated rings. The first-order valence-electron chi connectivity index (χ1n) is 22.0. The van der Waals surface area contributed by atoms with E-state index in [1.807, 2.05) is 7.05 Å². The van der Waals surface area contributed by atoms with Crippen LogP contribution in [0.4, 0.5) is 0 Å². The Morgan fingerprint density at radius 1 is 0.491 bits per heavy atom. The number of carbonyl (C=O) groups is 3. The average molecular weight is 822 g/mol. The maximum Gasteiger partial charge on any atom is 0.305 e. The second-order valence-electron chi connectivity index (χ2n) is 15.5. The summed E-state index contributed by atoms with van der Waals surface area (Å²) in [5, 5.41) is 19.1. The Morgan fingerprint density at radius 3 is 1.06 bits per heavy atom. The highest BCUT2D eigenvalue weighted by molar-refractivity contribution is 5.77. The lowest BCUT2D eigenvalue weighted by atomic mass is 10.0. The van der Waals surface area contributed by atoms with E-state index in [1.54, 1.807) is 4.90 Å². The van der Waals surface area contributed by atoms with Gasteiger partial charge in [0.25, 0.3) is 5.91 Å². The van der Waals surface area contributed by atoms with Gasteiger partial charge in [-0.2, -0.15) is 0 Å². The van der Waals surface area contributed by atoms with E-state index in [2.05, 4.69) is 13.8 Å². The second kappa shape index (κ2) is 40.4. The van der Waals surface area contributed by atoms with Gasteiger partial charge in [-0.3, -0.25) is 14.4 Å². The minimum absolute atomic E-state index is 0. The smallest absolute Gasteiger partial charge is 0.305 e. The van der Waals surface area contributed by atoms with E-state index in [0.717, 1.165) is 38.5 Å². The summed E-state index contributed by atoms with van der Waals surface area (Å²) in [5.41, 5.74) is 0. The highest BCUT2D eigenvalue weighted by Gasteiger charge is 2.28. The monoisotopic (exact) mass is 821 g/mol. The van der Waals surface area contributed by atoms with Gasteiger partial charge in [-0.05, 0) is 12.8 Å². The maximum absolute atomic E-state index is 13.3. The van der Waals surface area contributed by atoms with Gasteiger partial charge in [0.1, 0.15) is 26.3 Å². The Bertz CT molecular complexity index is 778. The molecule has 316 valence electrons. The second-order valence-corrected chi connectivity index (χ2v) is 15.5. The summed E-state index contributed by atoms with van der Waals surface area (Å²) in [6.45, 7) is 5.64. The van der Waals surface area contributed by atoms with Gasteiger partial charge in [0.05, 0.1) is 33.4 Å². The molecule has 0 aromatic rings. The molecule has 0 aromatic carbocycles. The summed E-state index contributed by atoms with van der Waals surface area (Å²) < 4.78 is 11.2. The Morgan fingerprint density at radius 2 is 0.774 bits per heavy atom. The number of hydrogen-bond donors (Lipinski definition) is 2. The number of carbonyl (C=O) groups excluding carboxylic acids is 3. The van der Waals surface area contributed by atoms with E-state index in [4.69, 9.17) is 9.47 Å². The Hall–Kier alpha value is -1.23. The molecule has 2 N–H and O–H groups in total. The lowest BCUT2D eigenvalue weighted by molar-refractivity contribution is -0.902. The third-order valence-electron chi connectivity index (χ3n) is 10.4. The van der Waals surface area contributed by atoms with E-state index < -0.39 is 0 Å². The van der Waals surface area contributed by atoms with Crippen LogP contribution < -0.4 is 17.0 Å². The van der Waals surface area contributed by atoms with Gasteiger partial charge in [-0.25, -0.2) is 0 Å². The van der Waals surface area contributed by atoms with Gasteiger partial charge >= 0.3 is 11.9 Å². The number of rotatable bonds is 40. The molecular formula is C43H85BrN2O7. The number of esters is 2. The standard InChI is InChI=1S/C43H85N2O7.BrH/c1-4-6-8-10-12-14-16-18-20-22-24-26-28-30-42(49)51-38-32-44(41(48)40-45(3,34-36-46)35-37-47)33-39-52-43(50)31-29-27-25-23-21-19-17-15-13-11-9-7-5-2;/h46-47H,4-40H2,1-3H3;1H/q+1;/p-1. The molecule has 53 heavy (non-hydrogen) atoms. The minimum Gasteiger partial charge on any atom is -1.00 e. The molecule has 0 aliphatic rings. The first kappa shape index (κ1) is 53.9. The molecular weight excluding hydrogens is 736 g/mol. The highest BCUT2D eigenvalue weighted by Crippen LogP contribution is 2.15. The molecule has 0 bridgehead atoms. The number of hydrogen-bond acceptors (Lipinski definition) is 7. The first-order valence-corrected chi connectivity index (χ1v) is 22.0. The van der Waals surface area contributed by atoms with Crippen molar-refractivity contribution < 1.29 is 55.5 Å². The van der Waals surface area contributed by atoms with Crippen LogP contribution >= 0.6 is 0 Å². The molecule has 0 aliphatic carbocycles. The molecule has 0 heterocycles. The van der Waals surface area contributed by atoms with Gasteiger partial charge in [0.15, 0.2) is 6.54 Å². The topological polar surface area (TPSA) is 113 Å². The lowest BCUT2D eigenvalue weighted by Crippen LogP contribution is -3.00. The summed E-state index contributed by atoms with van der Waals surface area (Å²) in [6, 6.07) is 0. The molecule has 9 nitrogen and oxygen atoms in total. The maximum atomic E-state index is 13.3. The molecule has 0 saturated heterocycles. The lowest BCUT2D eigenvalue weighted by Gasteiger charge is -2.34. The van der Waals surface area contributed by atoms with Crippen molar-refractivity contribution in [2.45, 2.75) is 194 Å². The number of amides is 1. The Kier molecular flexibility index (Phi) is 41.1. The SMILES string of the molecule is CCCCCCCCCCCCCCCC(=O)OCCN(CCOC(=O)CCCCCCCCCCCCCCC)C(=O)C[N+](C)(CCO)CCO.[Br-]. The molecule has 0 aromatic heterocycles. The van der Waals surface area contributed by atoms with Crippen molar-refractivity contribution in [3.05, 3.63) is 0 Å². The van der Waals surface area contributed by atoms with Crippen LogP contribution in [0.15, 0.2) is 0 Å². The molecule has 0 atom stereocenters. The molecule has 0 aliphatic heterocycles. The summed E-state index contributed by atoms with van der Waals surface area (Å²) >= 11 is 0. The summed E-state index contributed by atoms with van der Waals surface area (Å²) in [6.07, 6.45) is 33.2. The molecule has 0 spiro atoms. The zero-order valence-corrected chi connectivity index (χ0v) is 36.5. The van der Waals surface area contributed by atoms with E-state index in [0.29, 0.717) is 25.9 Å².